The van der Waals surface area contributed by atoms with Gasteiger partial charge in [-0.25, -0.2) is 0 Å². The predicted octanol–water partition coefficient (Wildman–Crippen LogP) is 5.89. The molecule has 2 heterocycles. The number of rotatable bonds is 12. The first-order valence-electron chi connectivity index (χ1n) is 12.4. The molecule has 2 saturated heterocycles. The molecule has 2 rings (SSSR count). The first-order valence-corrected chi connectivity index (χ1v) is 12.4. The molecule has 0 saturated carbocycles. The van der Waals surface area contributed by atoms with Gasteiger partial charge in [0.15, 0.2) is 0 Å². The first-order chi connectivity index (χ1) is 14.6. The predicted molar refractivity (Wildman–Crippen MR) is 124 cm³/mol. The van der Waals surface area contributed by atoms with E-state index >= 15 is 0 Å². The van der Waals surface area contributed by atoms with E-state index in [1.807, 2.05) is 0 Å². The van der Waals surface area contributed by atoms with Gasteiger partial charge in [0.1, 0.15) is 0 Å². The van der Waals surface area contributed by atoms with Crippen LogP contribution in [0.1, 0.15) is 105 Å². The van der Waals surface area contributed by atoms with Gasteiger partial charge in [0, 0.05) is 6.61 Å². The summed E-state index contributed by atoms with van der Waals surface area (Å²) in [6, 6.07) is 0. The van der Waals surface area contributed by atoms with Crippen molar-refractivity contribution in [3.05, 3.63) is 12.2 Å². The van der Waals surface area contributed by atoms with Crippen LogP contribution in [-0.4, -0.2) is 47.2 Å². The van der Waals surface area contributed by atoms with Crippen LogP contribution in [0.15, 0.2) is 12.2 Å². The van der Waals surface area contributed by atoms with Gasteiger partial charge in [-0.15, -0.1) is 0 Å². The molecule has 2 aliphatic rings. The topological polar surface area (TPSA) is 76.0 Å². The second-order valence-electron chi connectivity index (χ2n) is 11.1. The van der Waals surface area contributed by atoms with Crippen molar-refractivity contribution >= 4 is 5.97 Å². The number of aliphatic hydroxyl groups is 1. The number of carboxylic acids is 1. The molecule has 31 heavy (non-hydrogen) atoms. The van der Waals surface area contributed by atoms with E-state index in [1.54, 1.807) is 13.8 Å². The van der Waals surface area contributed by atoms with E-state index in [2.05, 4.69) is 26.0 Å². The number of aliphatic hydroxyl groups excluding tert-OH is 1. The van der Waals surface area contributed by atoms with Crippen LogP contribution >= 0.6 is 0 Å². The summed E-state index contributed by atoms with van der Waals surface area (Å²) < 4.78 is 12.6. The zero-order valence-electron chi connectivity index (χ0n) is 20.3. The summed E-state index contributed by atoms with van der Waals surface area (Å²) in [4.78, 5) is 11.3. The molecule has 5 nitrogen and oxygen atoms in total. The molecular weight excluding hydrogens is 392 g/mol. The smallest absolute Gasteiger partial charge is 0.309 e. The molecule has 2 fully saturated rings. The maximum Gasteiger partial charge on any atom is 0.309 e. The van der Waals surface area contributed by atoms with Crippen LogP contribution in [0, 0.1) is 10.8 Å². The summed E-state index contributed by atoms with van der Waals surface area (Å²) in [7, 11) is 0. The van der Waals surface area contributed by atoms with Crippen molar-refractivity contribution in [2.24, 2.45) is 10.8 Å². The highest BCUT2D eigenvalue weighted by molar-refractivity contribution is 5.73. The number of hydrogen-bond acceptors (Lipinski definition) is 4. The number of aliphatic carboxylic acids is 1. The fraction of sp³-hybridized carbons (Fsp3) is 0.885. The van der Waals surface area contributed by atoms with Gasteiger partial charge in [-0.1, -0.05) is 32.4 Å². The van der Waals surface area contributed by atoms with Crippen molar-refractivity contribution in [2.45, 2.75) is 129 Å². The van der Waals surface area contributed by atoms with E-state index in [0.717, 1.165) is 64.2 Å². The van der Waals surface area contributed by atoms with Crippen LogP contribution in [0.5, 0.6) is 0 Å². The highest BCUT2D eigenvalue weighted by Gasteiger charge is 2.28. The van der Waals surface area contributed by atoms with E-state index in [9.17, 15) is 15.0 Å². The molecule has 0 aromatic carbocycles. The first kappa shape index (κ1) is 26.3. The Morgan fingerprint density at radius 2 is 1.35 bits per heavy atom. The van der Waals surface area contributed by atoms with Gasteiger partial charge in [0.25, 0.3) is 0 Å². The Morgan fingerprint density at radius 1 is 0.871 bits per heavy atom. The van der Waals surface area contributed by atoms with Crippen molar-refractivity contribution in [3.8, 4) is 0 Å². The minimum absolute atomic E-state index is 0.00616. The quantitative estimate of drug-likeness (QED) is 0.372. The fourth-order valence-corrected chi connectivity index (χ4v) is 4.58. The van der Waals surface area contributed by atoms with Crippen LogP contribution in [-0.2, 0) is 14.3 Å². The molecule has 180 valence electrons. The van der Waals surface area contributed by atoms with E-state index in [0.29, 0.717) is 12.5 Å². The third kappa shape index (κ3) is 9.63. The summed E-state index contributed by atoms with van der Waals surface area (Å²) >= 11 is 0. The molecule has 2 aliphatic heterocycles. The van der Waals surface area contributed by atoms with Gasteiger partial charge in [-0.3, -0.25) is 4.79 Å². The number of carbonyl (C=O) groups is 1. The summed E-state index contributed by atoms with van der Waals surface area (Å²) in [5, 5.41) is 18.7. The van der Waals surface area contributed by atoms with Gasteiger partial charge < -0.3 is 19.7 Å². The Labute approximate surface area is 189 Å². The van der Waals surface area contributed by atoms with Gasteiger partial charge in [-0.05, 0) is 89.9 Å². The lowest BCUT2D eigenvalue weighted by atomic mass is 9.86. The molecule has 0 radical (unpaired) electrons. The number of carboxylic acid groups (broad SMARTS) is 1. The van der Waals surface area contributed by atoms with Crippen LogP contribution in [0.2, 0.25) is 0 Å². The van der Waals surface area contributed by atoms with Gasteiger partial charge >= 0.3 is 5.97 Å². The number of hydrogen-bond donors (Lipinski definition) is 2. The van der Waals surface area contributed by atoms with Gasteiger partial charge in [0.2, 0.25) is 0 Å². The third-order valence-electron chi connectivity index (χ3n) is 7.02. The summed E-state index contributed by atoms with van der Waals surface area (Å²) in [6.07, 6.45) is 17.8. The van der Waals surface area contributed by atoms with Crippen LogP contribution in [0.3, 0.4) is 0 Å². The van der Waals surface area contributed by atoms with Crippen LogP contribution < -0.4 is 0 Å². The largest absolute Gasteiger partial charge is 0.481 e. The number of ether oxygens (including phenoxy) is 2. The van der Waals surface area contributed by atoms with E-state index < -0.39 is 11.4 Å². The highest BCUT2D eigenvalue weighted by Crippen LogP contribution is 2.30. The molecule has 0 aromatic heterocycles. The van der Waals surface area contributed by atoms with Crippen molar-refractivity contribution in [1.29, 1.82) is 0 Å². The Morgan fingerprint density at radius 3 is 1.81 bits per heavy atom. The second kappa shape index (κ2) is 12.4. The van der Waals surface area contributed by atoms with E-state index in [4.69, 9.17) is 9.47 Å². The zero-order valence-corrected chi connectivity index (χ0v) is 20.3. The average Bonchev–Trinajstić information content (AvgIpc) is 2.72. The molecule has 0 aromatic rings. The standard InChI is InChI=1S/C26H46O5/c1-25(2,19-27)17-7-13-20-9-5-11-22(30-20)15-16-23-12-6-10-21(31-23)14-8-18-26(3,4)24(28)29/h15-16,20-23,27H,5-14,17-19H2,1-4H3,(H,28,29)/b16-15+. The Hall–Kier alpha value is -0.910. The third-order valence-corrected chi connectivity index (χ3v) is 7.02. The van der Waals surface area contributed by atoms with Crippen molar-refractivity contribution < 1.29 is 24.5 Å². The minimum atomic E-state index is -0.722. The summed E-state index contributed by atoms with van der Waals surface area (Å²) in [6.45, 7) is 8.07. The fourth-order valence-electron chi connectivity index (χ4n) is 4.58. The van der Waals surface area contributed by atoms with Crippen LogP contribution in [0.4, 0.5) is 0 Å². The molecular formula is C26H46O5. The Bertz CT molecular complexity index is 568. The molecule has 0 aliphatic carbocycles. The molecule has 0 bridgehead atoms. The molecule has 4 atom stereocenters. The Kier molecular flexibility index (Phi) is 10.5. The lowest BCUT2D eigenvalue weighted by Crippen LogP contribution is -2.29. The second-order valence-corrected chi connectivity index (χ2v) is 11.1. The van der Waals surface area contributed by atoms with Crippen molar-refractivity contribution in [3.63, 3.8) is 0 Å². The minimum Gasteiger partial charge on any atom is -0.481 e. The normalized spacial score (nSPS) is 28.2. The highest BCUT2D eigenvalue weighted by atomic mass is 16.5. The Balaban J connectivity index is 1.71. The summed E-state index contributed by atoms with van der Waals surface area (Å²) in [5.74, 6) is -0.722. The molecule has 4 unspecified atom stereocenters. The molecule has 0 amide bonds. The maximum absolute atomic E-state index is 11.3. The van der Waals surface area contributed by atoms with Crippen molar-refractivity contribution in [1.82, 2.24) is 0 Å². The molecule has 0 spiro atoms. The van der Waals surface area contributed by atoms with Gasteiger partial charge in [-0.2, -0.15) is 0 Å². The maximum atomic E-state index is 11.3. The van der Waals surface area contributed by atoms with E-state index in [1.165, 1.54) is 6.42 Å². The van der Waals surface area contributed by atoms with Crippen molar-refractivity contribution in [2.75, 3.05) is 6.61 Å². The molecule has 2 N–H and O–H groups in total. The average molecular weight is 439 g/mol. The van der Waals surface area contributed by atoms with E-state index in [-0.39, 0.29) is 30.3 Å². The SMILES string of the molecule is CC(C)(CO)CCCC1CCCC(/C=C/C2CCCC(CCCC(C)(C)C(=O)O)O2)O1. The lowest BCUT2D eigenvalue weighted by molar-refractivity contribution is -0.147. The summed E-state index contributed by atoms with van der Waals surface area (Å²) in [5.41, 5.74) is -0.650. The zero-order chi connectivity index (χ0) is 22.9. The van der Waals surface area contributed by atoms with Gasteiger partial charge in [0.05, 0.1) is 29.8 Å². The lowest BCUT2D eigenvalue weighted by Gasteiger charge is -2.31. The van der Waals surface area contributed by atoms with Crippen LogP contribution in [0.25, 0.3) is 0 Å². The monoisotopic (exact) mass is 438 g/mol. The molecule has 5 heteroatoms.